The van der Waals surface area contributed by atoms with E-state index in [9.17, 15) is 14.9 Å². The summed E-state index contributed by atoms with van der Waals surface area (Å²) in [7, 11) is 0. The van der Waals surface area contributed by atoms with Gasteiger partial charge in [-0.15, -0.1) is 0 Å². The zero-order valence-electron chi connectivity index (χ0n) is 14.9. The Balaban J connectivity index is 2.10. The second-order valence-electron chi connectivity index (χ2n) is 7.26. The molecule has 0 aromatic heterocycles. The van der Waals surface area contributed by atoms with Crippen LogP contribution in [0.1, 0.15) is 34.6 Å². The van der Waals surface area contributed by atoms with E-state index in [0.29, 0.717) is 13.1 Å². The predicted molar refractivity (Wildman–Crippen MR) is 92.3 cm³/mol. The highest BCUT2D eigenvalue weighted by Crippen LogP contribution is 2.26. The third-order valence-electron chi connectivity index (χ3n) is 4.01. The van der Waals surface area contributed by atoms with Crippen LogP contribution in [0, 0.1) is 10.1 Å². The third-order valence-corrected chi connectivity index (χ3v) is 4.01. The largest absolute Gasteiger partial charge is 0.444 e. The first kappa shape index (κ1) is 18.0. The van der Waals surface area contributed by atoms with Crippen LogP contribution in [0.2, 0.25) is 0 Å². The van der Waals surface area contributed by atoms with Gasteiger partial charge in [0.2, 0.25) is 0 Å². The molecule has 1 aromatic rings. The SMILES string of the molecule is CC1CN(c2ccc([N+](=O)[O-])cc2)C(C)CN1C(=O)OC(C)(C)C. The van der Waals surface area contributed by atoms with Gasteiger partial charge in [0.05, 0.1) is 4.92 Å². The minimum atomic E-state index is -0.518. The number of nitro benzene ring substituents is 1. The molecule has 1 amide bonds. The molecule has 1 aliphatic rings. The molecule has 7 nitrogen and oxygen atoms in total. The first-order chi connectivity index (χ1) is 11.1. The number of benzene rings is 1. The summed E-state index contributed by atoms with van der Waals surface area (Å²) in [6.07, 6.45) is -0.301. The van der Waals surface area contributed by atoms with Gasteiger partial charge >= 0.3 is 6.09 Å². The highest BCUT2D eigenvalue weighted by atomic mass is 16.6. The molecule has 7 heteroatoms. The molecule has 2 unspecified atom stereocenters. The molecule has 2 atom stereocenters. The Morgan fingerprint density at radius 1 is 1.17 bits per heavy atom. The summed E-state index contributed by atoms with van der Waals surface area (Å²) in [5.41, 5.74) is 0.478. The van der Waals surface area contributed by atoms with Crippen LogP contribution in [0.5, 0.6) is 0 Å². The summed E-state index contributed by atoms with van der Waals surface area (Å²) >= 11 is 0. The Bertz CT molecular complexity index is 609. The fraction of sp³-hybridized carbons (Fsp3) is 0.588. The van der Waals surface area contributed by atoms with Gasteiger partial charge in [-0.1, -0.05) is 0 Å². The van der Waals surface area contributed by atoms with Crippen molar-refractivity contribution in [2.24, 2.45) is 0 Å². The molecular weight excluding hydrogens is 310 g/mol. The zero-order valence-corrected chi connectivity index (χ0v) is 14.9. The van der Waals surface area contributed by atoms with E-state index < -0.39 is 10.5 Å². The van der Waals surface area contributed by atoms with Crippen molar-refractivity contribution in [2.45, 2.75) is 52.3 Å². The smallest absolute Gasteiger partial charge is 0.410 e. The average Bonchev–Trinajstić information content (AvgIpc) is 2.47. The molecule has 2 rings (SSSR count). The van der Waals surface area contributed by atoms with Crippen molar-refractivity contribution < 1.29 is 14.5 Å². The minimum Gasteiger partial charge on any atom is -0.444 e. The second-order valence-corrected chi connectivity index (χ2v) is 7.26. The number of hydrogen-bond donors (Lipinski definition) is 0. The lowest BCUT2D eigenvalue weighted by atomic mass is 10.1. The van der Waals surface area contributed by atoms with Gasteiger partial charge in [-0.2, -0.15) is 0 Å². The highest BCUT2D eigenvalue weighted by molar-refractivity contribution is 5.69. The number of carbonyl (C=O) groups is 1. The first-order valence-corrected chi connectivity index (χ1v) is 8.09. The lowest BCUT2D eigenvalue weighted by molar-refractivity contribution is -0.384. The fourth-order valence-electron chi connectivity index (χ4n) is 2.83. The van der Waals surface area contributed by atoms with E-state index in [-0.39, 0.29) is 23.9 Å². The van der Waals surface area contributed by atoms with Gasteiger partial charge in [-0.25, -0.2) is 4.79 Å². The topological polar surface area (TPSA) is 75.9 Å². The number of ether oxygens (including phenoxy) is 1. The maximum absolute atomic E-state index is 12.3. The van der Waals surface area contributed by atoms with E-state index in [1.807, 2.05) is 34.6 Å². The molecule has 1 saturated heterocycles. The van der Waals surface area contributed by atoms with Crippen LogP contribution < -0.4 is 4.90 Å². The number of rotatable bonds is 2. The monoisotopic (exact) mass is 335 g/mol. The number of carbonyl (C=O) groups excluding carboxylic acids is 1. The summed E-state index contributed by atoms with van der Waals surface area (Å²) in [4.78, 5) is 26.6. The first-order valence-electron chi connectivity index (χ1n) is 8.09. The van der Waals surface area contributed by atoms with Crippen LogP contribution in [0.25, 0.3) is 0 Å². The molecule has 1 fully saturated rings. The second kappa shape index (κ2) is 6.67. The quantitative estimate of drug-likeness (QED) is 0.611. The lowest BCUT2D eigenvalue weighted by Crippen LogP contribution is -2.59. The number of amides is 1. The van der Waals surface area contributed by atoms with E-state index in [4.69, 9.17) is 4.74 Å². The van der Waals surface area contributed by atoms with E-state index in [0.717, 1.165) is 5.69 Å². The van der Waals surface area contributed by atoms with Crippen molar-refractivity contribution in [1.82, 2.24) is 4.90 Å². The van der Waals surface area contributed by atoms with Crippen LogP contribution in [0.15, 0.2) is 24.3 Å². The molecule has 1 heterocycles. The summed E-state index contributed by atoms with van der Waals surface area (Å²) in [6.45, 7) is 10.8. The van der Waals surface area contributed by atoms with Crippen LogP contribution in [-0.4, -0.2) is 46.7 Å². The number of hydrogen-bond acceptors (Lipinski definition) is 5. The molecule has 1 aromatic carbocycles. The van der Waals surface area contributed by atoms with Crippen molar-refractivity contribution in [2.75, 3.05) is 18.0 Å². The molecule has 0 spiro atoms. The van der Waals surface area contributed by atoms with Crippen molar-refractivity contribution in [1.29, 1.82) is 0 Å². The van der Waals surface area contributed by atoms with Crippen molar-refractivity contribution in [3.8, 4) is 0 Å². The number of piperazine rings is 1. The van der Waals surface area contributed by atoms with Gasteiger partial charge in [-0.05, 0) is 46.8 Å². The van der Waals surface area contributed by atoms with E-state index in [2.05, 4.69) is 4.90 Å². The molecule has 0 bridgehead atoms. The van der Waals surface area contributed by atoms with Gasteiger partial charge in [0.25, 0.3) is 5.69 Å². The van der Waals surface area contributed by atoms with Crippen molar-refractivity contribution >= 4 is 17.5 Å². The summed E-state index contributed by atoms with van der Waals surface area (Å²) < 4.78 is 5.47. The molecular formula is C17H25N3O4. The number of nitrogens with zero attached hydrogens (tertiary/aromatic N) is 3. The number of nitro groups is 1. The third kappa shape index (κ3) is 4.15. The lowest BCUT2D eigenvalue weighted by Gasteiger charge is -2.45. The zero-order chi connectivity index (χ0) is 18.1. The predicted octanol–water partition coefficient (Wildman–Crippen LogP) is 3.43. The average molecular weight is 335 g/mol. The van der Waals surface area contributed by atoms with Gasteiger partial charge in [0.15, 0.2) is 0 Å². The normalized spacial score (nSPS) is 21.5. The highest BCUT2D eigenvalue weighted by Gasteiger charge is 2.34. The Hall–Kier alpha value is -2.31. The van der Waals surface area contributed by atoms with Crippen LogP contribution in [0.3, 0.4) is 0 Å². The maximum Gasteiger partial charge on any atom is 0.410 e. The summed E-state index contributed by atoms with van der Waals surface area (Å²) in [6, 6.07) is 6.61. The minimum absolute atomic E-state index is 0.00811. The van der Waals surface area contributed by atoms with Gasteiger partial charge < -0.3 is 14.5 Å². The maximum atomic E-state index is 12.3. The van der Waals surface area contributed by atoms with E-state index >= 15 is 0 Å². The fourth-order valence-corrected chi connectivity index (χ4v) is 2.83. The Kier molecular flexibility index (Phi) is 5.01. The molecule has 24 heavy (non-hydrogen) atoms. The van der Waals surface area contributed by atoms with Gasteiger partial charge in [-0.3, -0.25) is 10.1 Å². The molecule has 0 saturated carbocycles. The Labute approximate surface area is 142 Å². The Morgan fingerprint density at radius 2 is 1.75 bits per heavy atom. The van der Waals surface area contributed by atoms with Gasteiger partial charge in [0, 0.05) is 43.0 Å². The molecule has 0 N–H and O–H groups in total. The molecule has 132 valence electrons. The molecule has 1 aliphatic heterocycles. The van der Waals surface area contributed by atoms with Gasteiger partial charge in [0.1, 0.15) is 5.60 Å². The summed E-state index contributed by atoms with van der Waals surface area (Å²) in [5.74, 6) is 0. The standard InChI is InChI=1S/C17H25N3O4/c1-12-11-19(16(21)24-17(3,4)5)13(2)10-18(12)14-6-8-15(9-7-14)20(22)23/h6-9,12-13H,10-11H2,1-5H3. The van der Waals surface area contributed by atoms with Crippen molar-refractivity contribution in [3.05, 3.63) is 34.4 Å². The summed E-state index contributed by atoms with van der Waals surface area (Å²) in [5, 5.41) is 10.8. The van der Waals surface area contributed by atoms with E-state index in [1.54, 1.807) is 17.0 Å². The number of non-ortho nitro benzene ring substituents is 1. The Morgan fingerprint density at radius 3 is 2.25 bits per heavy atom. The molecule has 0 radical (unpaired) electrons. The molecule has 0 aliphatic carbocycles. The van der Waals surface area contributed by atoms with E-state index in [1.165, 1.54) is 12.1 Å². The van der Waals surface area contributed by atoms with Crippen LogP contribution in [0.4, 0.5) is 16.2 Å². The van der Waals surface area contributed by atoms with Crippen LogP contribution in [-0.2, 0) is 4.74 Å². The van der Waals surface area contributed by atoms with Crippen LogP contribution >= 0.6 is 0 Å². The van der Waals surface area contributed by atoms with Crippen molar-refractivity contribution in [3.63, 3.8) is 0 Å². The number of anilines is 1.